The van der Waals surface area contributed by atoms with Crippen molar-refractivity contribution in [1.29, 1.82) is 0 Å². The second-order valence-electron chi connectivity index (χ2n) is 6.44. The molecule has 1 aliphatic heterocycles. The first kappa shape index (κ1) is 18.4. The Hall–Kier alpha value is -2.38. The quantitative estimate of drug-likeness (QED) is 0.776. The summed E-state index contributed by atoms with van der Waals surface area (Å²) in [5.41, 5.74) is 1.03. The predicted octanol–water partition coefficient (Wildman–Crippen LogP) is 1.08. The first-order valence-corrected chi connectivity index (χ1v) is 9.07. The number of imidazole rings is 1. The Morgan fingerprint density at radius 3 is 3.12 bits per heavy atom. The first-order valence-electron chi connectivity index (χ1n) is 9.07. The molecule has 2 heterocycles. The van der Waals surface area contributed by atoms with Crippen molar-refractivity contribution in [3.05, 3.63) is 48.0 Å². The van der Waals surface area contributed by atoms with Crippen LogP contribution >= 0.6 is 0 Å². The summed E-state index contributed by atoms with van der Waals surface area (Å²) in [6, 6.07) is 7.93. The fraction of sp³-hybridized carbons (Fsp3) is 0.474. The largest absolute Gasteiger partial charge is 0.494 e. The third-order valence-electron chi connectivity index (χ3n) is 4.56. The van der Waals surface area contributed by atoms with Crippen LogP contribution in [-0.4, -0.2) is 53.1 Å². The number of piperazine rings is 1. The van der Waals surface area contributed by atoms with Crippen LogP contribution in [-0.2, 0) is 18.4 Å². The number of benzene rings is 1. The highest BCUT2D eigenvalue weighted by molar-refractivity contribution is 5.78. The van der Waals surface area contributed by atoms with Crippen LogP contribution in [0.15, 0.2) is 36.7 Å². The van der Waals surface area contributed by atoms with Gasteiger partial charge in [0.25, 0.3) is 0 Å². The highest BCUT2D eigenvalue weighted by Gasteiger charge is 2.28. The summed E-state index contributed by atoms with van der Waals surface area (Å²) in [6.07, 6.45) is 3.74. The lowest BCUT2D eigenvalue weighted by Crippen LogP contribution is -2.50. The van der Waals surface area contributed by atoms with Gasteiger partial charge < -0.3 is 19.9 Å². The van der Waals surface area contributed by atoms with Crippen LogP contribution in [0, 0.1) is 0 Å². The molecule has 1 saturated heterocycles. The van der Waals surface area contributed by atoms with Gasteiger partial charge in [0.15, 0.2) is 0 Å². The lowest BCUT2D eigenvalue weighted by molar-refractivity contribution is -0.123. The minimum absolute atomic E-state index is 0.0212. The number of aryl methyl sites for hydroxylation is 1. The lowest BCUT2D eigenvalue weighted by atomic mass is 10.1. The number of carbonyl (C=O) groups is 1. The molecule has 1 aromatic heterocycles. The average molecular weight is 357 g/mol. The summed E-state index contributed by atoms with van der Waals surface area (Å²) in [5.74, 6) is 1.83. The van der Waals surface area contributed by atoms with Crippen molar-refractivity contribution in [2.45, 2.75) is 19.5 Å². The molecule has 0 aliphatic carbocycles. The smallest absolute Gasteiger partial charge is 0.234 e. The van der Waals surface area contributed by atoms with E-state index in [4.69, 9.17) is 4.74 Å². The minimum atomic E-state index is 0.0212. The molecule has 1 unspecified atom stereocenters. The van der Waals surface area contributed by atoms with Crippen molar-refractivity contribution in [2.24, 2.45) is 7.05 Å². The van der Waals surface area contributed by atoms with E-state index in [-0.39, 0.29) is 11.9 Å². The molecule has 2 aromatic rings. The van der Waals surface area contributed by atoms with Gasteiger partial charge in [-0.05, 0) is 24.6 Å². The summed E-state index contributed by atoms with van der Waals surface area (Å²) in [5, 5.41) is 6.40. The van der Waals surface area contributed by atoms with E-state index >= 15 is 0 Å². The fourth-order valence-corrected chi connectivity index (χ4v) is 3.24. The van der Waals surface area contributed by atoms with E-state index in [1.165, 1.54) is 0 Å². The molecule has 0 radical (unpaired) electrons. The Bertz CT molecular complexity index is 730. The van der Waals surface area contributed by atoms with Gasteiger partial charge >= 0.3 is 0 Å². The second kappa shape index (κ2) is 8.82. The Labute approximate surface area is 154 Å². The number of amides is 1. The molecule has 140 valence electrons. The van der Waals surface area contributed by atoms with E-state index in [0.717, 1.165) is 36.8 Å². The molecular weight excluding hydrogens is 330 g/mol. The van der Waals surface area contributed by atoms with Gasteiger partial charge in [-0.25, -0.2) is 4.98 Å². The molecule has 3 rings (SSSR count). The topological polar surface area (TPSA) is 71.4 Å². The molecule has 7 heteroatoms. The molecule has 7 nitrogen and oxygen atoms in total. The summed E-state index contributed by atoms with van der Waals surface area (Å²) in [4.78, 5) is 19.1. The van der Waals surface area contributed by atoms with Crippen molar-refractivity contribution in [3.63, 3.8) is 0 Å². The third kappa shape index (κ3) is 4.62. The third-order valence-corrected chi connectivity index (χ3v) is 4.56. The van der Waals surface area contributed by atoms with Gasteiger partial charge in [0.2, 0.25) is 5.91 Å². The number of rotatable bonds is 7. The van der Waals surface area contributed by atoms with Crippen LogP contribution in [0.1, 0.15) is 24.4 Å². The molecular formula is C19H27N5O2. The fourth-order valence-electron chi connectivity index (χ4n) is 3.24. The van der Waals surface area contributed by atoms with E-state index in [9.17, 15) is 4.79 Å². The number of hydrogen-bond acceptors (Lipinski definition) is 5. The van der Waals surface area contributed by atoms with E-state index in [2.05, 4.69) is 20.5 Å². The maximum atomic E-state index is 12.5. The molecule has 1 atom stereocenters. The van der Waals surface area contributed by atoms with Crippen molar-refractivity contribution >= 4 is 5.91 Å². The lowest BCUT2D eigenvalue weighted by Gasteiger charge is -2.35. The summed E-state index contributed by atoms with van der Waals surface area (Å²) < 4.78 is 7.52. The zero-order valence-corrected chi connectivity index (χ0v) is 15.4. The zero-order valence-electron chi connectivity index (χ0n) is 15.4. The number of nitrogens with zero attached hydrogens (tertiary/aromatic N) is 3. The Morgan fingerprint density at radius 2 is 2.35 bits per heavy atom. The van der Waals surface area contributed by atoms with Gasteiger partial charge in [-0.2, -0.15) is 0 Å². The standard InChI is InChI=1S/C19H27N5O2/c1-3-26-16-6-4-5-15(11-16)12-22-18(25)14-24-10-7-20-13-17(24)19-21-8-9-23(19)2/h4-6,8-9,11,17,20H,3,7,10,12-14H2,1-2H3,(H,22,25). The Morgan fingerprint density at radius 1 is 1.46 bits per heavy atom. The van der Waals surface area contributed by atoms with Crippen molar-refractivity contribution in [1.82, 2.24) is 25.1 Å². The summed E-state index contributed by atoms with van der Waals surface area (Å²) in [6.45, 7) is 5.96. The maximum absolute atomic E-state index is 12.5. The van der Waals surface area contributed by atoms with Crippen LogP contribution in [0.4, 0.5) is 0 Å². The van der Waals surface area contributed by atoms with Crippen LogP contribution in [0.3, 0.4) is 0 Å². The predicted molar refractivity (Wildman–Crippen MR) is 99.8 cm³/mol. The normalized spacial score (nSPS) is 17.8. The van der Waals surface area contributed by atoms with Crippen LogP contribution in [0.5, 0.6) is 5.75 Å². The minimum Gasteiger partial charge on any atom is -0.494 e. The monoisotopic (exact) mass is 357 g/mol. The van der Waals surface area contributed by atoms with E-state index in [1.54, 1.807) is 6.20 Å². The second-order valence-corrected chi connectivity index (χ2v) is 6.44. The van der Waals surface area contributed by atoms with Crippen LogP contribution in [0.2, 0.25) is 0 Å². The Kier molecular flexibility index (Phi) is 6.25. The first-order chi connectivity index (χ1) is 12.7. The SMILES string of the molecule is CCOc1cccc(CNC(=O)CN2CCNCC2c2nccn2C)c1. The number of hydrogen-bond donors (Lipinski definition) is 2. The number of aromatic nitrogens is 2. The van der Waals surface area contributed by atoms with E-state index < -0.39 is 0 Å². The average Bonchev–Trinajstić information content (AvgIpc) is 3.07. The molecule has 0 spiro atoms. The van der Waals surface area contributed by atoms with Gasteiger partial charge in [0.05, 0.1) is 19.2 Å². The van der Waals surface area contributed by atoms with Crippen molar-refractivity contribution < 1.29 is 9.53 Å². The number of nitrogens with one attached hydrogen (secondary N) is 2. The maximum Gasteiger partial charge on any atom is 0.234 e. The van der Waals surface area contributed by atoms with E-state index in [0.29, 0.717) is 19.7 Å². The highest BCUT2D eigenvalue weighted by atomic mass is 16.5. The molecule has 1 amide bonds. The number of ether oxygens (including phenoxy) is 1. The number of carbonyl (C=O) groups excluding carboxylic acids is 1. The van der Waals surface area contributed by atoms with Gasteiger partial charge in [-0.3, -0.25) is 9.69 Å². The molecule has 1 fully saturated rings. The van der Waals surface area contributed by atoms with Crippen LogP contribution in [0.25, 0.3) is 0 Å². The zero-order chi connectivity index (χ0) is 18.4. The van der Waals surface area contributed by atoms with Crippen molar-refractivity contribution in [2.75, 3.05) is 32.8 Å². The highest BCUT2D eigenvalue weighted by Crippen LogP contribution is 2.20. The van der Waals surface area contributed by atoms with E-state index in [1.807, 2.05) is 49.0 Å². The molecule has 1 aliphatic rings. The molecule has 0 saturated carbocycles. The molecule has 1 aromatic carbocycles. The summed E-state index contributed by atoms with van der Waals surface area (Å²) in [7, 11) is 1.99. The summed E-state index contributed by atoms with van der Waals surface area (Å²) >= 11 is 0. The Balaban J connectivity index is 1.56. The van der Waals surface area contributed by atoms with Crippen LogP contribution < -0.4 is 15.4 Å². The van der Waals surface area contributed by atoms with Gasteiger partial charge in [-0.1, -0.05) is 12.1 Å². The molecule has 0 bridgehead atoms. The van der Waals surface area contributed by atoms with Gasteiger partial charge in [-0.15, -0.1) is 0 Å². The van der Waals surface area contributed by atoms with Crippen molar-refractivity contribution in [3.8, 4) is 5.75 Å². The molecule has 26 heavy (non-hydrogen) atoms. The molecule has 2 N–H and O–H groups in total. The van der Waals surface area contributed by atoms with Gasteiger partial charge in [0.1, 0.15) is 11.6 Å². The van der Waals surface area contributed by atoms with Gasteiger partial charge in [0, 0.05) is 45.6 Å².